The van der Waals surface area contributed by atoms with Crippen molar-refractivity contribution in [1.29, 1.82) is 0 Å². The zero-order valence-corrected chi connectivity index (χ0v) is 48.1. The number of rotatable bonds is 6. The van der Waals surface area contributed by atoms with Crippen molar-refractivity contribution in [2.24, 2.45) is 0 Å². The SMILES string of the molecule is Cc1cc2c(cc1N1c3cc4c(cc3B3c5ccc(N(c6ccccc6)c6ccccc6)cc5N(c5ccc(C(C)(C)C)cc5-c5ccccc5)c5cc(C(C)(C)C)cc1c53)C(C)(C)CCC4(C)C)C(C)(C)CC2(C)C. The zero-order chi connectivity index (χ0) is 53.6. The highest BCUT2D eigenvalue weighted by Crippen LogP contribution is 2.56. The Morgan fingerprint density at radius 1 is 0.408 bits per heavy atom. The normalized spacial score (nSPS) is 17.3. The Bertz CT molecular complexity index is 3570. The highest BCUT2D eigenvalue weighted by Gasteiger charge is 2.49. The van der Waals surface area contributed by atoms with Crippen molar-refractivity contribution in [1.82, 2.24) is 0 Å². The van der Waals surface area contributed by atoms with Crippen LogP contribution in [0.5, 0.6) is 0 Å². The number of hydrogen-bond acceptors (Lipinski definition) is 3. The summed E-state index contributed by atoms with van der Waals surface area (Å²) in [5, 5.41) is 0. The Kier molecular flexibility index (Phi) is 11.3. The Labute approximate surface area is 456 Å². The van der Waals surface area contributed by atoms with Crippen LogP contribution >= 0.6 is 0 Å². The number of hydrogen-bond donors (Lipinski definition) is 0. The summed E-state index contributed by atoms with van der Waals surface area (Å²) in [4.78, 5) is 7.87. The van der Waals surface area contributed by atoms with Gasteiger partial charge >= 0.3 is 0 Å². The van der Waals surface area contributed by atoms with Gasteiger partial charge in [-0.25, -0.2) is 0 Å². The van der Waals surface area contributed by atoms with Gasteiger partial charge in [-0.1, -0.05) is 188 Å². The van der Waals surface area contributed by atoms with Gasteiger partial charge < -0.3 is 14.7 Å². The van der Waals surface area contributed by atoms with E-state index in [1.165, 1.54) is 101 Å². The van der Waals surface area contributed by atoms with Gasteiger partial charge in [0.05, 0.1) is 5.69 Å². The fraction of sp³-hybridized carbons (Fsp3) is 0.333. The summed E-state index contributed by atoms with van der Waals surface area (Å²) in [6, 6.07) is 63.4. The first-order chi connectivity index (χ1) is 35.8. The minimum Gasteiger partial charge on any atom is -0.311 e. The summed E-state index contributed by atoms with van der Waals surface area (Å²) < 4.78 is 0. The molecule has 0 spiro atoms. The predicted octanol–water partition coefficient (Wildman–Crippen LogP) is 18.1. The molecule has 2 heterocycles. The topological polar surface area (TPSA) is 9.72 Å². The number of aryl methyl sites for hydroxylation is 1. The molecule has 76 heavy (non-hydrogen) atoms. The molecule has 2 aliphatic carbocycles. The molecule has 4 aliphatic rings. The highest BCUT2D eigenvalue weighted by atomic mass is 15.2. The van der Waals surface area contributed by atoms with Gasteiger partial charge in [0.2, 0.25) is 0 Å². The molecule has 0 fully saturated rings. The van der Waals surface area contributed by atoms with Gasteiger partial charge in [0.25, 0.3) is 6.71 Å². The van der Waals surface area contributed by atoms with Crippen LogP contribution in [0.4, 0.5) is 51.2 Å². The number of para-hydroxylation sites is 2. The van der Waals surface area contributed by atoms with E-state index in [4.69, 9.17) is 0 Å². The summed E-state index contributed by atoms with van der Waals surface area (Å²) in [5.41, 5.74) is 27.3. The van der Waals surface area contributed by atoms with E-state index < -0.39 is 0 Å². The monoisotopic (exact) mass is 996 g/mol. The lowest BCUT2D eigenvalue weighted by molar-refractivity contribution is 0.332. The van der Waals surface area contributed by atoms with Gasteiger partial charge in [0.15, 0.2) is 0 Å². The molecule has 0 amide bonds. The standard InChI is InChI=1S/C72H78BN3/c1-46-37-54-57(72(14,15)45-71(54,12)13)43-61(46)76-63-44-56-55(69(8,9)35-36-70(56,10)11)42-59(63)73-58-33-32-52(74(50-27-21-17-22-28-50)51-29-23-18-24-30-51)41-62(58)75(64-39-49(68(5,6)7)40-65(76)66(64)73)60-34-31-48(67(2,3)4)38-53(60)47-25-19-16-20-26-47/h16-34,37-44H,35-36,45H2,1-15H3. The van der Waals surface area contributed by atoms with E-state index in [9.17, 15) is 0 Å². The van der Waals surface area contributed by atoms with E-state index in [0.29, 0.717) is 0 Å². The van der Waals surface area contributed by atoms with Crippen LogP contribution in [-0.4, -0.2) is 6.71 Å². The Hall–Kier alpha value is -6.78. The van der Waals surface area contributed by atoms with Gasteiger partial charge in [-0.2, -0.15) is 0 Å². The van der Waals surface area contributed by atoms with E-state index in [-0.39, 0.29) is 39.2 Å². The second kappa shape index (κ2) is 17.1. The highest BCUT2D eigenvalue weighted by molar-refractivity contribution is 7.00. The first kappa shape index (κ1) is 50.1. The largest absolute Gasteiger partial charge is 0.311 e. The van der Waals surface area contributed by atoms with Crippen LogP contribution in [0.2, 0.25) is 0 Å². The molecule has 0 radical (unpaired) electrons. The molecule has 0 aromatic heterocycles. The molecule has 0 unspecified atom stereocenters. The maximum Gasteiger partial charge on any atom is 0.252 e. The maximum atomic E-state index is 2.75. The molecule has 8 aromatic rings. The summed E-state index contributed by atoms with van der Waals surface area (Å²) >= 11 is 0. The molecule has 12 rings (SSSR count). The van der Waals surface area contributed by atoms with Crippen molar-refractivity contribution in [2.75, 3.05) is 14.7 Å². The smallest absolute Gasteiger partial charge is 0.252 e. The molecule has 0 saturated carbocycles. The van der Waals surface area contributed by atoms with Crippen LogP contribution in [-0.2, 0) is 32.5 Å². The van der Waals surface area contributed by atoms with Crippen molar-refractivity contribution in [3.8, 4) is 11.1 Å². The molecule has 8 aromatic carbocycles. The number of fused-ring (bicyclic) bond motifs is 6. The molecule has 384 valence electrons. The lowest BCUT2D eigenvalue weighted by Crippen LogP contribution is -2.62. The van der Waals surface area contributed by atoms with Crippen LogP contribution < -0.4 is 31.1 Å². The second-order valence-corrected chi connectivity index (χ2v) is 27.7. The van der Waals surface area contributed by atoms with Crippen molar-refractivity contribution < 1.29 is 0 Å². The summed E-state index contributed by atoms with van der Waals surface area (Å²) in [6.45, 7) is 36.4. The molecule has 0 bridgehead atoms. The van der Waals surface area contributed by atoms with Gasteiger partial charge in [-0.05, 0) is 192 Å². The summed E-state index contributed by atoms with van der Waals surface area (Å²) in [5.74, 6) is 0. The minimum absolute atomic E-state index is 0.0155. The van der Waals surface area contributed by atoms with Crippen LogP contribution in [0, 0.1) is 6.92 Å². The summed E-state index contributed by atoms with van der Waals surface area (Å²) in [7, 11) is 0. The average Bonchev–Trinajstić information content (AvgIpc) is 3.74. The number of nitrogens with zero attached hydrogens (tertiary/aromatic N) is 3. The van der Waals surface area contributed by atoms with E-state index in [1.54, 1.807) is 0 Å². The number of benzene rings is 8. The van der Waals surface area contributed by atoms with E-state index >= 15 is 0 Å². The Morgan fingerprint density at radius 3 is 1.46 bits per heavy atom. The molecule has 0 saturated heterocycles. The molecule has 0 N–H and O–H groups in total. The van der Waals surface area contributed by atoms with E-state index in [0.717, 1.165) is 36.3 Å². The fourth-order valence-corrected chi connectivity index (χ4v) is 14.1. The van der Waals surface area contributed by atoms with Gasteiger partial charge in [-0.3, -0.25) is 0 Å². The van der Waals surface area contributed by atoms with Crippen LogP contribution in [0.15, 0.2) is 164 Å². The quantitative estimate of drug-likeness (QED) is 0.154. The third-order valence-electron chi connectivity index (χ3n) is 18.3. The molecular weight excluding hydrogens is 918 g/mol. The third kappa shape index (κ3) is 7.98. The Balaban J connectivity index is 1.24. The molecule has 0 atom stereocenters. The molecule has 2 aliphatic heterocycles. The zero-order valence-electron chi connectivity index (χ0n) is 48.1. The lowest BCUT2D eigenvalue weighted by Gasteiger charge is -2.48. The van der Waals surface area contributed by atoms with Crippen molar-refractivity contribution in [3.05, 3.63) is 203 Å². The Morgan fingerprint density at radius 2 is 0.895 bits per heavy atom. The number of anilines is 9. The molecule has 4 heteroatoms. The maximum absolute atomic E-state index is 2.75. The molecule has 3 nitrogen and oxygen atoms in total. The van der Waals surface area contributed by atoms with E-state index in [2.05, 4.69) is 282 Å². The third-order valence-corrected chi connectivity index (χ3v) is 18.3. The van der Waals surface area contributed by atoms with Gasteiger partial charge in [-0.15, -0.1) is 0 Å². The second-order valence-electron chi connectivity index (χ2n) is 27.7. The minimum atomic E-state index is -0.169. The predicted molar refractivity (Wildman–Crippen MR) is 329 cm³/mol. The van der Waals surface area contributed by atoms with Crippen molar-refractivity contribution in [2.45, 2.75) is 156 Å². The van der Waals surface area contributed by atoms with Crippen molar-refractivity contribution >= 4 is 74.3 Å². The first-order valence-corrected chi connectivity index (χ1v) is 28.2. The fourth-order valence-electron chi connectivity index (χ4n) is 14.1. The van der Waals surface area contributed by atoms with Gasteiger partial charge in [0.1, 0.15) is 0 Å². The van der Waals surface area contributed by atoms with Gasteiger partial charge in [0, 0.05) is 51.1 Å². The summed E-state index contributed by atoms with van der Waals surface area (Å²) in [6.07, 6.45) is 3.43. The first-order valence-electron chi connectivity index (χ1n) is 28.2. The average molecular weight is 996 g/mol. The molecular formula is C72H78BN3. The van der Waals surface area contributed by atoms with Crippen molar-refractivity contribution in [3.63, 3.8) is 0 Å². The van der Waals surface area contributed by atoms with Crippen LogP contribution in [0.1, 0.15) is 155 Å². The van der Waals surface area contributed by atoms with Crippen LogP contribution in [0.25, 0.3) is 11.1 Å². The van der Waals surface area contributed by atoms with Crippen LogP contribution in [0.3, 0.4) is 0 Å². The lowest BCUT2D eigenvalue weighted by atomic mass is 9.33. The van der Waals surface area contributed by atoms with E-state index in [1.807, 2.05) is 0 Å².